The Hall–Kier alpha value is -5.66. The zero-order valence-electron chi connectivity index (χ0n) is 45.5. The highest BCUT2D eigenvalue weighted by molar-refractivity contribution is 5.74. The molecule has 0 aromatic rings. The Kier molecular flexibility index (Phi) is 44.2. The number of ether oxygens (including phenoxy) is 5. The van der Waals surface area contributed by atoms with Gasteiger partial charge in [-0.05, 0) is 103 Å². The van der Waals surface area contributed by atoms with E-state index in [4.69, 9.17) is 23.7 Å². The van der Waals surface area contributed by atoms with Crippen LogP contribution in [0.15, 0.2) is 158 Å². The van der Waals surface area contributed by atoms with Gasteiger partial charge in [-0.3, -0.25) is 14.4 Å². The van der Waals surface area contributed by atoms with Gasteiger partial charge >= 0.3 is 23.9 Å². The molecule has 416 valence electrons. The molecule has 6 unspecified atom stereocenters. The van der Waals surface area contributed by atoms with Crippen LogP contribution in [0, 0.1) is 0 Å². The second-order valence-electron chi connectivity index (χ2n) is 17.8. The van der Waals surface area contributed by atoms with Crippen LogP contribution in [0.25, 0.3) is 0 Å². The maximum absolute atomic E-state index is 13.1. The smallest absolute Gasteiger partial charge is 0.335 e. The molecule has 0 radical (unpaired) electrons. The molecule has 1 heterocycles. The van der Waals surface area contributed by atoms with Gasteiger partial charge in [0, 0.05) is 6.42 Å². The van der Waals surface area contributed by atoms with Crippen molar-refractivity contribution < 1.29 is 58.2 Å². The molecule has 12 heteroatoms. The van der Waals surface area contributed by atoms with Crippen molar-refractivity contribution in [2.24, 2.45) is 0 Å². The number of carboxylic acids is 1. The molecule has 1 saturated heterocycles. The fourth-order valence-corrected chi connectivity index (χ4v) is 7.06. The molecule has 1 aliphatic heterocycles. The first-order valence-corrected chi connectivity index (χ1v) is 27.5. The Labute approximate surface area is 450 Å². The summed E-state index contributed by atoms with van der Waals surface area (Å²) < 4.78 is 28.1. The lowest BCUT2D eigenvalue weighted by Crippen LogP contribution is -2.61. The van der Waals surface area contributed by atoms with E-state index in [9.17, 15) is 34.5 Å². The molecule has 75 heavy (non-hydrogen) atoms. The van der Waals surface area contributed by atoms with E-state index in [2.05, 4.69) is 130 Å². The highest BCUT2D eigenvalue weighted by Gasteiger charge is 2.50. The number of carbonyl (C=O) groups is 4. The molecule has 6 atom stereocenters. The molecule has 3 N–H and O–H groups in total. The minimum atomic E-state index is -1.96. The number of allylic oxidation sites excluding steroid dienone is 24. The summed E-state index contributed by atoms with van der Waals surface area (Å²) in [5.74, 6) is -3.51. The Bertz CT molecular complexity index is 1910. The van der Waals surface area contributed by atoms with Crippen molar-refractivity contribution >= 4 is 23.9 Å². The van der Waals surface area contributed by atoms with Crippen molar-refractivity contribution in [1.82, 2.24) is 0 Å². The number of hydrogen-bond acceptors (Lipinski definition) is 11. The van der Waals surface area contributed by atoms with Gasteiger partial charge in [-0.2, -0.15) is 0 Å². The third-order valence-corrected chi connectivity index (χ3v) is 11.1. The van der Waals surface area contributed by atoms with Crippen molar-refractivity contribution in [1.29, 1.82) is 0 Å². The molecule has 0 spiro atoms. The number of carboxylic acid groups (broad SMARTS) is 1. The van der Waals surface area contributed by atoms with Crippen LogP contribution in [0.5, 0.6) is 0 Å². The summed E-state index contributed by atoms with van der Waals surface area (Å²) >= 11 is 0. The number of aliphatic carboxylic acids is 1. The summed E-state index contributed by atoms with van der Waals surface area (Å²) in [5.41, 5.74) is 0. The second-order valence-corrected chi connectivity index (χ2v) is 17.8. The van der Waals surface area contributed by atoms with Crippen molar-refractivity contribution in [3.05, 3.63) is 158 Å². The quantitative estimate of drug-likeness (QED) is 0.0228. The van der Waals surface area contributed by atoms with Crippen LogP contribution in [-0.4, -0.2) is 89.2 Å². The number of aliphatic hydroxyl groups is 2. The Morgan fingerprint density at radius 2 is 0.840 bits per heavy atom. The van der Waals surface area contributed by atoms with E-state index >= 15 is 0 Å². The Morgan fingerprint density at radius 1 is 0.453 bits per heavy atom. The summed E-state index contributed by atoms with van der Waals surface area (Å²) in [4.78, 5) is 50.9. The van der Waals surface area contributed by atoms with Gasteiger partial charge in [-0.25, -0.2) is 4.79 Å². The summed E-state index contributed by atoms with van der Waals surface area (Å²) in [6.45, 7) is 5.46. The second kappa shape index (κ2) is 49.2. The minimum Gasteiger partial charge on any atom is -0.479 e. The molecule has 1 rings (SSSR count). The monoisotopic (exact) mass is 1040 g/mol. The fraction of sp³-hybridized carbons (Fsp3) is 0.524. The minimum absolute atomic E-state index is 0.0369. The molecular formula is C63H92O12. The number of esters is 3. The van der Waals surface area contributed by atoms with Crippen LogP contribution in [0.3, 0.4) is 0 Å². The van der Waals surface area contributed by atoms with Crippen LogP contribution in [0.1, 0.15) is 162 Å². The Balaban J connectivity index is 2.85. The standard InChI is InChI=1S/C63H92O12/c1-4-7-10-13-16-19-22-25-28-31-34-37-40-43-46-49-55(64)71-52-54(73-56(65)50-47-44-41-38-35-32-29-26-23-20-17-14-11-8-5-2)53-72-63-61(59(68)58(67)60(75-63)62(69)70)74-57(66)51-48-45-42-39-36-33-30-27-24-21-18-15-12-9-6-3/h7-12,16-21,25-30,34,36-37,39,43,45-46,48,54,58-61,63,67-68H,4-6,13-15,22-24,31-33,35,38,40-42,44,47,49-53H2,1-3H3,(H,69,70)/b10-7-,11-8-,12-9-,19-16-,20-17-,21-18-,28-25-,29-26-,30-27-,37-34-,39-36-,46-43-,48-45-. The summed E-state index contributed by atoms with van der Waals surface area (Å²) in [7, 11) is 0. The molecule has 1 fully saturated rings. The van der Waals surface area contributed by atoms with Gasteiger partial charge in [-0.1, -0.05) is 198 Å². The van der Waals surface area contributed by atoms with Crippen molar-refractivity contribution in [3.8, 4) is 0 Å². The zero-order chi connectivity index (χ0) is 54.7. The molecule has 1 aliphatic rings. The summed E-state index contributed by atoms with van der Waals surface area (Å²) in [5, 5.41) is 31.4. The number of aliphatic hydroxyl groups excluding tert-OH is 2. The van der Waals surface area contributed by atoms with Gasteiger partial charge in [0.15, 0.2) is 24.6 Å². The highest BCUT2D eigenvalue weighted by Crippen LogP contribution is 2.26. The van der Waals surface area contributed by atoms with Gasteiger partial charge in [0.05, 0.1) is 19.4 Å². The zero-order valence-corrected chi connectivity index (χ0v) is 45.5. The first kappa shape index (κ1) is 67.4. The fourth-order valence-electron chi connectivity index (χ4n) is 7.06. The maximum Gasteiger partial charge on any atom is 0.335 e. The number of carbonyl (C=O) groups excluding carboxylic acids is 3. The number of unbranched alkanes of at least 4 members (excludes halogenated alkanes) is 5. The van der Waals surface area contributed by atoms with Crippen molar-refractivity contribution in [2.45, 2.75) is 199 Å². The molecule has 0 aliphatic carbocycles. The van der Waals surface area contributed by atoms with Crippen LogP contribution < -0.4 is 0 Å². The predicted octanol–water partition coefficient (Wildman–Crippen LogP) is 13.8. The summed E-state index contributed by atoms with van der Waals surface area (Å²) in [6.07, 6.45) is 59.9. The molecule has 12 nitrogen and oxygen atoms in total. The van der Waals surface area contributed by atoms with Crippen molar-refractivity contribution in [2.75, 3.05) is 13.2 Å². The van der Waals surface area contributed by atoms with Gasteiger partial charge in [0.1, 0.15) is 18.8 Å². The van der Waals surface area contributed by atoms with E-state index in [1.807, 2.05) is 30.4 Å². The number of rotatable bonds is 43. The third kappa shape index (κ3) is 39.4. The normalized spacial score (nSPS) is 19.4. The van der Waals surface area contributed by atoms with Crippen molar-refractivity contribution in [3.63, 3.8) is 0 Å². The van der Waals surface area contributed by atoms with Gasteiger partial charge in [0.25, 0.3) is 0 Å². The lowest BCUT2D eigenvalue weighted by Gasteiger charge is -2.40. The van der Waals surface area contributed by atoms with E-state index in [0.717, 1.165) is 103 Å². The molecule has 0 bridgehead atoms. The van der Waals surface area contributed by atoms with Gasteiger partial charge < -0.3 is 39.0 Å². The van der Waals surface area contributed by atoms with E-state index in [0.29, 0.717) is 19.3 Å². The number of hydrogen-bond donors (Lipinski definition) is 3. The molecule has 0 saturated carbocycles. The Morgan fingerprint density at radius 3 is 1.28 bits per heavy atom. The average molecular weight is 1040 g/mol. The molecule has 0 aromatic heterocycles. The lowest BCUT2D eigenvalue weighted by molar-refractivity contribution is -0.301. The lowest BCUT2D eigenvalue weighted by atomic mass is 9.98. The molecule has 0 aromatic carbocycles. The average Bonchev–Trinajstić information content (AvgIpc) is 3.39. The van der Waals surface area contributed by atoms with Gasteiger partial charge in [0.2, 0.25) is 0 Å². The first-order valence-electron chi connectivity index (χ1n) is 27.5. The van der Waals surface area contributed by atoms with Crippen LogP contribution >= 0.6 is 0 Å². The maximum atomic E-state index is 13.1. The predicted molar refractivity (Wildman–Crippen MR) is 302 cm³/mol. The van der Waals surface area contributed by atoms with Crippen LogP contribution in [0.4, 0.5) is 0 Å². The van der Waals surface area contributed by atoms with E-state index in [1.54, 1.807) is 18.2 Å². The van der Waals surface area contributed by atoms with E-state index in [-0.39, 0.29) is 19.3 Å². The van der Waals surface area contributed by atoms with E-state index < -0.39 is 73.9 Å². The van der Waals surface area contributed by atoms with Crippen LogP contribution in [-0.2, 0) is 42.9 Å². The molecular weight excluding hydrogens is 949 g/mol. The highest BCUT2D eigenvalue weighted by atomic mass is 16.7. The molecule has 0 amide bonds. The SMILES string of the molecule is CC/C=C\C/C=C\C/C=C\C/C=C\C/C=C\CC(=O)OCC(COC1OC(C(=O)O)C(O)C(O)C1OC(=O)C/C=C\C/C=C\C/C=C\C/C=C\C/C=C\CC)OC(=O)CCCCCCC/C=C\C/C=C\C/C=C\CC. The first-order chi connectivity index (χ1) is 36.6. The van der Waals surface area contributed by atoms with Crippen LogP contribution in [0.2, 0.25) is 0 Å². The summed E-state index contributed by atoms with van der Waals surface area (Å²) in [6, 6.07) is 0. The largest absolute Gasteiger partial charge is 0.479 e. The van der Waals surface area contributed by atoms with E-state index in [1.165, 1.54) is 0 Å². The topological polar surface area (TPSA) is 175 Å². The van der Waals surface area contributed by atoms with Gasteiger partial charge in [-0.15, -0.1) is 0 Å². The third-order valence-electron chi connectivity index (χ3n) is 11.1.